The Bertz CT molecular complexity index is 214. The highest BCUT2D eigenvalue weighted by Gasteiger charge is 2.37. The fourth-order valence-electron chi connectivity index (χ4n) is 0.956. The standard InChI is InChI=1S/C8H15NO4/c1-5(2)8(9,7(12)13)4-3-6(10)11/h5H,3-4,9H2,1-2H3,(H,10,11)(H,12,13). The molecule has 0 aliphatic heterocycles. The van der Waals surface area contributed by atoms with Gasteiger partial charge in [-0.2, -0.15) is 0 Å². The average molecular weight is 189 g/mol. The third-order valence-electron chi connectivity index (χ3n) is 2.18. The van der Waals surface area contributed by atoms with Gasteiger partial charge in [-0.05, 0) is 12.3 Å². The van der Waals surface area contributed by atoms with Crippen LogP contribution in [0.4, 0.5) is 0 Å². The Hall–Kier alpha value is -1.10. The van der Waals surface area contributed by atoms with Crippen LogP contribution >= 0.6 is 0 Å². The summed E-state index contributed by atoms with van der Waals surface area (Å²) in [6.07, 6.45) is -0.268. The topological polar surface area (TPSA) is 101 Å². The predicted molar refractivity (Wildman–Crippen MR) is 46.3 cm³/mol. The second kappa shape index (κ2) is 4.23. The van der Waals surface area contributed by atoms with Crippen LogP contribution in [0.15, 0.2) is 0 Å². The summed E-state index contributed by atoms with van der Waals surface area (Å²) in [6, 6.07) is 0. The largest absolute Gasteiger partial charge is 0.481 e. The SMILES string of the molecule is CC(C)C(N)(CCC(=O)O)C(=O)O. The highest BCUT2D eigenvalue weighted by atomic mass is 16.4. The molecule has 1 unspecified atom stereocenters. The van der Waals surface area contributed by atoms with Crippen molar-refractivity contribution in [1.82, 2.24) is 0 Å². The van der Waals surface area contributed by atoms with E-state index in [4.69, 9.17) is 15.9 Å². The zero-order chi connectivity index (χ0) is 10.6. The Kier molecular flexibility index (Phi) is 3.87. The van der Waals surface area contributed by atoms with Crippen LogP contribution in [-0.4, -0.2) is 27.7 Å². The normalized spacial score (nSPS) is 15.4. The van der Waals surface area contributed by atoms with E-state index in [2.05, 4.69) is 0 Å². The van der Waals surface area contributed by atoms with E-state index >= 15 is 0 Å². The molecule has 0 saturated carbocycles. The van der Waals surface area contributed by atoms with Crippen LogP contribution in [0.5, 0.6) is 0 Å². The third kappa shape index (κ3) is 3.02. The van der Waals surface area contributed by atoms with Gasteiger partial charge in [-0.3, -0.25) is 9.59 Å². The molecule has 5 heteroatoms. The zero-order valence-corrected chi connectivity index (χ0v) is 7.78. The number of carbonyl (C=O) groups is 2. The molecule has 76 valence electrons. The van der Waals surface area contributed by atoms with E-state index < -0.39 is 17.5 Å². The van der Waals surface area contributed by atoms with Crippen molar-refractivity contribution in [3.63, 3.8) is 0 Å². The van der Waals surface area contributed by atoms with Crippen molar-refractivity contribution in [2.75, 3.05) is 0 Å². The zero-order valence-electron chi connectivity index (χ0n) is 7.78. The van der Waals surface area contributed by atoms with Crippen molar-refractivity contribution in [1.29, 1.82) is 0 Å². The summed E-state index contributed by atoms with van der Waals surface area (Å²) in [6.45, 7) is 3.33. The number of aliphatic carboxylic acids is 2. The number of carboxylic acids is 2. The first-order valence-corrected chi connectivity index (χ1v) is 4.04. The molecule has 0 spiro atoms. The Morgan fingerprint density at radius 1 is 1.38 bits per heavy atom. The van der Waals surface area contributed by atoms with Crippen LogP contribution in [0, 0.1) is 5.92 Å². The lowest BCUT2D eigenvalue weighted by molar-refractivity contribution is -0.146. The van der Waals surface area contributed by atoms with Crippen molar-refractivity contribution in [3.05, 3.63) is 0 Å². The number of hydrogen-bond acceptors (Lipinski definition) is 3. The van der Waals surface area contributed by atoms with Crippen LogP contribution in [0.1, 0.15) is 26.7 Å². The maximum absolute atomic E-state index is 10.8. The smallest absolute Gasteiger partial charge is 0.323 e. The van der Waals surface area contributed by atoms with Gasteiger partial charge in [0.2, 0.25) is 0 Å². The van der Waals surface area contributed by atoms with E-state index in [1.807, 2.05) is 0 Å². The molecule has 0 aliphatic rings. The highest BCUT2D eigenvalue weighted by molar-refractivity contribution is 5.79. The van der Waals surface area contributed by atoms with E-state index in [0.717, 1.165) is 0 Å². The van der Waals surface area contributed by atoms with Gasteiger partial charge in [-0.25, -0.2) is 0 Å². The van der Waals surface area contributed by atoms with Crippen LogP contribution in [0.2, 0.25) is 0 Å². The Morgan fingerprint density at radius 2 is 1.85 bits per heavy atom. The van der Waals surface area contributed by atoms with Crippen LogP contribution in [0.25, 0.3) is 0 Å². The lowest BCUT2D eigenvalue weighted by Gasteiger charge is -2.28. The molecule has 0 amide bonds. The van der Waals surface area contributed by atoms with E-state index in [-0.39, 0.29) is 18.8 Å². The van der Waals surface area contributed by atoms with Gasteiger partial charge in [0.25, 0.3) is 0 Å². The Labute approximate surface area is 76.5 Å². The van der Waals surface area contributed by atoms with E-state index in [9.17, 15) is 9.59 Å². The van der Waals surface area contributed by atoms with Crippen molar-refractivity contribution in [3.8, 4) is 0 Å². The summed E-state index contributed by atoms with van der Waals surface area (Å²) in [5, 5.41) is 17.2. The predicted octanol–water partition coefficient (Wildman–Crippen LogP) is 0.289. The van der Waals surface area contributed by atoms with Gasteiger partial charge in [0.05, 0.1) is 0 Å². The molecule has 4 N–H and O–H groups in total. The van der Waals surface area contributed by atoms with Gasteiger partial charge in [-0.15, -0.1) is 0 Å². The van der Waals surface area contributed by atoms with Crippen LogP contribution in [-0.2, 0) is 9.59 Å². The second-order valence-electron chi connectivity index (χ2n) is 3.39. The summed E-state index contributed by atoms with van der Waals surface area (Å²) < 4.78 is 0. The number of hydrogen-bond donors (Lipinski definition) is 3. The van der Waals surface area contributed by atoms with Crippen molar-refractivity contribution in [2.45, 2.75) is 32.2 Å². The van der Waals surface area contributed by atoms with Gasteiger partial charge >= 0.3 is 11.9 Å². The molecular formula is C8H15NO4. The Morgan fingerprint density at radius 3 is 2.08 bits per heavy atom. The third-order valence-corrected chi connectivity index (χ3v) is 2.18. The minimum atomic E-state index is -1.43. The molecule has 0 aromatic rings. The molecule has 0 aliphatic carbocycles. The lowest BCUT2D eigenvalue weighted by atomic mass is 9.83. The fraction of sp³-hybridized carbons (Fsp3) is 0.750. The van der Waals surface area contributed by atoms with E-state index in [0.29, 0.717) is 0 Å². The summed E-state index contributed by atoms with van der Waals surface area (Å²) in [5.41, 5.74) is 4.14. The molecule has 0 heterocycles. The molecule has 0 aromatic heterocycles. The average Bonchev–Trinajstić information content (AvgIpc) is 1.99. The molecule has 0 aromatic carbocycles. The van der Waals surface area contributed by atoms with Crippen LogP contribution < -0.4 is 5.73 Å². The lowest BCUT2D eigenvalue weighted by Crippen LogP contribution is -2.52. The summed E-state index contributed by atoms with van der Waals surface area (Å²) in [4.78, 5) is 21.0. The summed E-state index contributed by atoms with van der Waals surface area (Å²) >= 11 is 0. The minimum absolute atomic E-state index is 0.0463. The first kappa shape index (κ1) is 11.9. The number of rotatable bonds is 5. The van der Waals surface area contributed by atoms with E-state index in [1.54, 1.807) is 13.8 Å². The molecule has 5 nitrogen and oxygen atoms in total. The Balaban J connectivity index is 4.43. The first-order valence-electron chi connectivity index (χ1n) is 4.04. The quantitative estimate of drug-likeness (QED) is 0.577. The van der Waals surface area contributed by atoms with Crippen molar-refractivity contribution < 1.29 is 19.8 Å². The van der Waals surface area contributed by atoms with Gasteiger partial charge in [0.15, 0.2) is 0 Å². The maximum Gasteiger partial charge on any atom is 0.323 e. The molecular weight excluding hydrogens is 174 g/mol. The van der Waals surface area contributed by atoms with Crippen molar-refractivity contribution >= 4 is 11.9 Å². The number of carboxylic acid groups (broad SMARTS) is 2. The second-order valence-corrected chi connectivity index (χ2v) is 3.39. The molecule has 0 bridgehead atoms. The van der Waals surface area contributed by atoms with Gasteiger partial charge in [0, 0.05) is 6.42 Å². The fourth-order valence-corrected chi connectivity index (χ4v) is 0.956. The first-order chi connectivity index (χ1) is 5.80. The number of nitrogens with two attached hydrogens (primary N) is 1. The molecule has 0 radical (unpaired) electrons. The summed E-state index contributed by atoms with van der Waals surface area (Å²) in [5.74, 6) is -2.47. The molecule has 0 rings (SSSR count). The van der Waals surface area contributed by atoms with Gasteiger partial charge in [-0.1, -0.05) is 13.8 Å². The van der Waals surface area contributed by atoms with Gasteiger partial charge in [0.1, 0.15) is 5.54 Å². The van der Waals surface area contributed by atoms with Crippen molar-refractivity contribution in [2.24, 2.45) is 11.7 Å². The molecule has 0 fully saturated rings. The minimum Gasteiger partial charge on any atom is -0.481 e. The summed E-state index contributed by atoms with van der Waals surface area (Å²) in [7, 11) is 0. The molecule has 0 saturated heterocycles. The highest BCUT2D eigenvalue weighted by Crippen LogP contribution is 2.20. The van der Waals surface area contributed by atoms with Gasteiger partial charge < -0.3 is 15.9 Å². The van der Waals surface area contributed by atoms with E-state index in [1.165, 1.54) is 0 Å². The molecule has 13 heavy (non-hydrogen) atoms. The molecule has 1 atom stereocenters. The monoisotopic (exact) mass is 189 g/mol. The van der Waals surface area contributed by atoms with Crippen LogP contribution in [0.3, 0.4) is 0 Å². The maximum atomic E-state index is 10.8.